The van der Waals surface area contributed by atoms with Crippen molar-refractivity contribution in [1.82, 2.24) is 14.8 Å². The fourth-order valence-corrected chi connectivity index (χ4v) is 1.44. The first kappa shape index (κ1) is 12.1. The molecule has 2 rings (SSSR count). The van der Waals surface area contributed by atoms with Gasteiger partial charge in [-0.15, -0.1) is 0 Å². The molecule has 1 aromatic heterocycles. The molecule has 0 spiro atoms. The van der Waals surface area contributed by atoms with Crippen LogP contribution in [0.1, 0.15) is 15.9 Å². The van der Waals surface area contributed by atoms with E-state index in [2.05, 4.69) is 10.1 Å². The molecule has 0 unspecified atom stereocenters. The van der Waals surface area contributed by atoms with Crippen molar-refractivity contribution in [3.63, 3.8) is 0 Å². The van der Waals surface area contributed by atoms with Gasteiger partial charge in [0, 0.05) is 0 Å². The number of carbonyl (C=O) groups excluding carboxylic acids is 1. The van der Waals surface area contributed by atoms with Gasteiger partial charge >= 0.3 is 6.18 Å². The van der Waals surface area contributed by atoms with Crippen LogP contribution in [-0.2, 0) is 6.18 Å². The summed E-state index contributed by atoms with van der Waals surface area (Å²) in [6.07, 6.45) is -2.08. The Morgan fingerprint density at radius 3 is 2.56 bits per heavy atom. The second-order valence-electron chi connectivity index (χ2n) is 3.43. The lowest BCUT2D eigenvalue weighted by molar-refractivity contribution is -0.137. The minimum absolute atomic E-state index is 0.146. The van der Waals surface area contributed by atoms with Crippen molar-refractivity contribution in [3.8, 4) is 5.69 Å². The fourth-order valence-electron chi connectivity index (χ4n) is 1.44. The van der Waals surface area contributed by atoms with Crippen LogP contribution in [0.2, 0.25) is 0 Å². The zero-order valence-electron chi connectivity index (χ0n) is 8.85. The Morgan fingerprint density at radius 2 is 2.06 bits per heavy atom. The number of rotatable bonds is 2. The lowest BCUT2D eigenvalue weighted by Crippen LogP contribution is -2.17. The third-order valence-corrected chi connectivity index (χ3v) is 2.25. The second kappa shape index (κ2) is 4.13. The number of halogens is 3. The van der Waals surface area contributed by atoms with Gasteiger partial charge in [-0.1, -0.05) is 0 Å². The summed E-state index contributed by atoms with van der Waals surface area (Å²) in [7, 11) is 0. The first-order chi connectivity index (χ1) is 8.39. The highest BCUT2D eigenvalue weighted by atomic mass is 19.4. The summed E-state index contributed by atoms with van der Waals surface area (Å²) >= 11 is 0. The van der Waals surface area contributed by atoms with Crippen LogP contribution in [0, 0.1) is 0 Å². The molecule has 0 fully saturated rings. The van der Waals surface area contributed by atoms with Crippen LogP contribution in [0.3, 0.4) is 0 Å². The topological polar surface area (TPSA) is 73.8 Å². The van der Waals surface area contributed by atoms with Crippen LogP contribution in [0.25, 0.3) is 5.69 Å². The molecular weight excluding hydrogens is 249 g/mol. The molecule has 0 atom stereocenters. The predicted octanol–water partition coefficient (Wildman–Crippen LogP) is 1.39. The van der Waals surface area contributed by atoms with Gasteiger partial charge in [0.15, 0.2) is 0 Å². The standard InChI is InChI=1S/C10H7F3N4O/c11-10(12,13)6-1-2-8(7(3-6)9(14)18)17-5-15-4-16-17/h1-5H,(H2,14,18). The van der Waals surface area contributed by atoms with Crippen molar-refractivity contribution in [1.29, 1.82) is 0 Å². The molecule has 0 saturated heterocycles. The number of hydrogen-bond donors (Lipinski definition) is 1. The molecule has 0 aliphatic heterocycles. The van der Waals surface area contributed by atoms with Gasteiger partial charge in [-0.25, -0.2) is 9.67 Å². The summed E-state index contributed by atoms with van der Waals surface area (Å²) in [6, 6.07) is 2.67. The first-order valence-electron chi connectivity index (χ1n) is 4.75. The largest absolute Gasteiger partial charge is 0.416 e. The molecular formula is C10H7F3N4O. The molecule has 0 saturated carbocycles. The van der Waals surface area contributed by atoms with E-state index in [1.165, 1.54) is 17.3 Å². The molecule has 8 heteroatoms. The molecule has 0 radical (unpaired) electrons. The van der Waals surface area contributed by atoms with Gasteiger partial charge in [0.1, 0.15) is 12.7 Å². The Kier molecular flexibility index (Phi) is 2.77. The first-order valence-corrected chi connectivity index (χ1v) is 4.75. The maximum absolute atomic E-state index is 12.5. The van der Waals surface area contributed by atoms with Gasteiger partial charge in [0.05, 0.1) is 16.8 Å². The molecule has 94 valence electrons. The zero-order valence-corrected chi connectivity index (χ0v) is 8.85. The van der Waals surface area contributed by atoms with Crippen LogP contribution in [0.4, 0.5) is 13.2 Å². The van der Waals surface area contributed by atoms with E-state index >= 15 is 0 Å². The third-order valence-electron chi connectivity index (χ3n) is 2.25. The Bertz CT molecular complexity index is 577. The van der Waals surface area contributed by atoms with Gasteiger partial charge in [-0.3, -0.25) is 4.79 Å². The van der Waals surface area contributed by atoms with Gasteiger partial charge in [-0.05, 0) is 18.2 Å². The van der Waals surface area contributed by atoms with E-state index in [9.17, 15) is 18.0 Å². The molecule has 0 bridgehead atoms. The number of benzene rings is 1. The Hall–Kier alpha value is -2.38. The van der Waals surface area contributed by atoms with Crippen molar-refractivity contribution in [2.75, 3.05) is 0 Å². The summed E-state index contributed by atoms with van der Waals surface area (Å²) < 4.78 is 38.7. The van der Waals surface area contributed by atoms with Crippen molar-refractivity contribution < 1.29 is 18.0 Å². The number of hydrogen-bond acceptors (Lipinski definition) is 3. The molecule has 5 nitrogen and oxygen atoms in total. The SMILES string of the molecule is NC(=O)c1cc(C(F)(F)F)ccc1-n1cncn1. The van der Waals surface area contributed by atoms with Crippen molar-refractivity contribution >= 4 is 5.91 Å². The van der Waals surface area contributed by atoms with Gasteiger partial charge in [-0.2, -0.15) is 18.3 Å². The quantitative estimate of drug-likeness (QED) is 0.882. The van der Waals surface area contributed by atoms with Crippen LogP contribution in [0.5, 0.6) is 0 Å². The Balaban J connectivity index is 2.59. The number of carbonyl (C=O) groups is 1. The van der Waals surface area contributed by atoms with Crippen LogP contribution >= 0.6 is 0 Å². The summed E-state index contributed by atoms with van der Waals surface area (Å²) in [6.45, 7) is 0. The minimum Gasteiger partial charge on any atom is -0.366 e. The number of amides is 1. The minimum atomic E-state index is -4.54. The molecule has 1 amide bonds. The maximum Gasteiger partial charge on any atom is 0.416 e. The van der Waals surface area contributed by atoms with Crippen LogP contribution < -0.4 is 5.73 Å². The Labute approximate surface area is 99.0 Å². The average Bonchev–Trinajstić information content (AvgIpc) is 2.80. The third kappa shape index (κ3) is 2.17. The molecule has 2 aromatic rings. The maximum atomic E-state index is 12.5. The number of aromatic nitrogens is 3. The summed E-state index contributed by atoms with van der Waals surface area (Å²) in [5.74, 6) is -0.966. The normalized spacial score (nSPS) is 11.5. The summed E-state index contributed by atoms with van der Waals surface area (Å²) in [5, 5.41) is 3.74. The molecule has 0 aliphatic carbocycles. The second-order valence-corrected chi connectivity index (χ2v) is 3.43. The summed E-state index contributed by atoms with van der Waals surface area (Å²) in [5.41, 5.74) is 4.00. The zero-order chi connectivity index (χ0) is 13.3. The molecule has 1 aromatic carbocycles. The highest BCUT2D eigenvalue weighted by molar-refractivity contribution is 5.96. The fraction of sp³-hybridized carbons (Fsp3) is 0.100. The highest BCUT2D eigenvalue weighted by Gasteiger charge is 2.31. The van der Waals surface area contributed by atoms with E-state index in [1.54, 1.807) is 0 Å². The van der Waals surface area contributed by atoms with E-state index in [1.807, 2.05) is 0 Å². The van der Waals surface area contributed by atoms with E-state index in [-0.39, 0.29) is 11.3 Å². The van der Waals surface area contributed by atoms with E-state index in [4.69, 9.17) is 5.73 Å². The number of nitrogens with two attached hydrogens (primary N) is 1. The van der Waals surface area contributed by atoms with Crippen molar-refractivity contribution in [2.45, 2.75) is 6.18 Å². The predicted molar refractivity (Wildman–Crippen MR) is 54.9 cm³/mol. The van der Waals surface area contributed by atoms with E-state index in [0.717, 1.165) is 12.1 Å². The van der Waals surface area contributed by atoms with Crippen LogP contribution in [-0.4, -0.2) is 20.7 Å². The van der Waals surface area contributed by atoms with Gasteiger partial charge < -0.3 is 5.73 Å². The van der Waals surface area contributed by atoms with E-state index in [0.29, 0.717) is 6.07 Å². The Morgan fingerprint density at radius 1 is 1.33 bits per heavy atom. The smallest absolute Gasteiger partial charge is 0.366 e. The summed E-state index contributed by atoms with van der Waals surface area (Å²) in [4.78, 5) is 14.8. The van der Waals surface area contributed by atoms with E-state index < -0.39 is 17.6 Å². The van der Waals surface area contributed by atoms with Gasteiger partial charge in [0.25, 0.3) is 5.91 Å². The molecule has 1 heterocycles. The number of alkyl halides is 3. The van der Waals surface area contributed by atoms with Crippen molar-refractivity contribution in [2.24, 2.45) is 5.73 Å². The lowest BCUT2D eigenvalue weighted by atomic mass is 10.1. The molecule has 0 aliphatic rings. The van der Waals surface area contributed by atoms with Gasteiger partial charge in [0.2, 0.25) is 0 Å². The highest BCUT2D eigenvalue weighted by Crippen LogP contribution is 2.31. The average molecular weight is 256 g/mol. The number of primary amides is 1. The number of nitrogens with zero attached hydrogens (tertiary/aromatic N) is 3. The van der Waals surface area contributed by atoms with Crippen LogP contribution in [0.15, 0.2) is 30.9 Å². The van der Waals surface area contributed by atoms with Crippen molar-refractivity contribution in [3.05, 3.63) is 42.0 Å². The molecule has 2 N–H and O–H groups in total. The molecule has 18 heavy (non-hydrogen) atoms. The monoisotopic (exact) mass is 256 g/mol. The lowest BCUT2D eigenvalue weighted by Gasteiger charge is -2.11.